The Bertz CT molecular complexity index is 1130. The molecule has 1 aromatic heterocycles. The number of amides is 2. The Morgan fingerprint density at radius 3 is 2.42 bits per heavy atom. The van der Waals surface area contributed by atoms with Crippen molar-refractivity contribution in [1.82, 2.24) is 5.32 Å². The summed E-state index contributed by atoms with van der Waals surface area (Å²) in [6.07, 6.45) is 0.104. The molecule has 8 heteroatoms. The molecule has 0 spiro atoms. The first-order valence-electron chi connectivity index (χ1n) is 10.4. The van der Waals surface area contributed by atoms with Crippen LogP contribution in [0.5, 0.6) is 5.75 Å². The lowest BCUT2D eigenvalue weighted by molar-refractivity contribution is -0.141. The highest BCUT2D eigenvalue weighted by atomic mass is 16.5. The number of hydrogen-bond acceptors (Lipinski definition) is 6. The Hall–Kier alpha value is -4.07. The second kappa shape index (κ2) is 11.0. The van der Waals surface area contributed by atoms with Crippen molar-refractivity contribution in [2.75, 3.05) is 19.0 Å². The maximum Gasteiger partial charge on any atom is 0.325 e. The molecule has 0 aliphatic carbocycles. The monoisotopic (exact) mass is 450 g/mol. The van der Waals surface area contributed by atoms with E-state index >= 15 is 0 Å². The zero-order valence-electron chi connectivity index (χ0n) is 18.8. The standard InChI is InChI=1S/C25H26N2O6/c1-16-4-10-21(17(2)12-16)32-15-20-9-11-22(33-20)25(30)27-19-7-5-18(6-8-19)13-23(28)26-14-24(29)31-3/h4-12H,13-15H2,1-3H3,(H,26,28)(H,27,30). The summed E-state index contributed by atoms with van der Waals surface area (Å²) in [5, 5.41) is 5.23. The third-order valence-electron chi connectivity index (χ3n) is 4.82. The highest BCUT2D eigenvalue weighted by Crippen LogP contribution is 2.21. The summed E-state index contributed by atoms with van der Waals surface area (Å²) in [5.41, 5.74) is 3.48. The SMILES string of the molecule is COC(=O)CNC(=O)Cc1ccc(NC(=O)c2ccc(COc3ccc(C)cc3C)o2)cc1. The minimum atomic E-state index is -0.515. The minimum absolute atomic E-state index is 0.104. The number of nitrogens with one attached hydrogen (secondary N) is 2. The van der Waals surface area contributed by atoms with Crippen molar-refractivity contribution < 1.29 is 28.3 Å². The smallest absolute Gasteiger partial charge is 0.325 e. The molecule has 3 aromatic rings. The Kier molecular flexibility index (Phi) is 7.86. The molecular formula is C25H26N2O6. The Morgan fingerprint density at radius 2 is 1.73 bits per heavy atom. The fourth-order valence-electron chi connectivity index (χ4n) is 3.08. The highest BCUT2D eigenvalue weighted by molar-refractivity contribution is 6.02. The second-order valence-corrected chi connectivity index (χ2v) is 7.50. The van der Waals surface area contributed by atoms with Crippen LogP contribution in [0.25, 0.3) is 0 Å². The highest BCUT2D eigenvalue weighted by Gasteiger charge is 2.13. The van der Waals surface area contributed by atoms with Crippen molar-refractivity contribution in [2.24, 2.45) is 0 Å². The molecule has 0 bridgehead atoms. The van der Waals surface area contributed by atoms with E-state index in [4.69, 9.17) is 9.15 Å². The molecule has 3 rings (SSSR count). The predicted molar refractivity (Wildman–Crippen MR) is 122 cm³/mol. The van der Waals surface area contributed by atoms with E-state index in [1.165, 1.54) is 7.11 Å². The summed E-state index contributed by atoms with van der Waals surface area (Å²) in [6.45, 7) is 4.03. The van der Waals surface area contributed by atoms with Gasteiger partial charge in [0, 0.05) is 5.69 Å². The number of anilines is 1. The molecule has 1 heterocycles. The van der Waals surface area contributed by atoms with Crippen LogP contribution in [0.2, 0.25) is 0 Å². The summed E-state index contributed by atoms with van der Waals surface area (Å²) in [5.74, 6) is 0.259. The van der Waals surface area contributed by atoms with Crippen LogP contribution in [0.15, 0.2) is 59.0 Å². The van der Waals surface area contributed by atoms with Gasteiger partial charge in [0.2, 0.25) is 5.91 Å². The molecule has 2 aromatic carbocycles. The maximum atomic E-state index is 12.5. The molecular weight excluding hydrogens is 424 g/mol. The van der Waals surface area contributed by atoms with Gasteiger partial charge in [0.25, 0.3) is 5.91 Å². The lowest BCUT2D eigenvalue weighted by Crippen LogP contribution is -2.31. The third-order valence-corrected chi connectivity index (χ3v) is 4.82. The first kappa shape index (κ1) is 23.6. The molecule has 0 saturated carbocycles. The van der Waals surface area contributed by atoms with Gasteiger partial charge < -0.3 is 24.5 Å². The quantitative estimate of drug-likeness (QED) is 0.483. The van der Waals surface area contributed by atoms with Crippen LogP contribution in [-0.4, -0.2) is 31.4 Å². The van der Waals surface area contributed by atoms with Gasteiger partial charge in [0.1, 0.15) is 24.7 Å². The van der Waals surface area contributed by atoms with Crippen LogP contribution < -0.4 is 15.4 Å². The van der Waals surface area contributed by atoms with Gasteiger partial charge in [-0.25, -0.2) is 0 Å². The molecule has 8 nitrogen and oxygen atoms in total. The van der Waals surface area contributed by atoms with E-state index in [1.54, 1.807) is 36.4 Å². The largest absolute Gasteiger partial charge is 0.485 e. The molecule has 0 atom stereocenters. The van der Waals surface area contributed by atoms with E-state index in [1.807, 2.05) is 32.0 Å². The normalized spacial score (nSPS) is 10.4. The number of methoxy groups -OCH3 is 1. The fourth-order valence-corrected chi connectivity index (χ4v) is 3.08. The average molecular weight is 450 g/mol. The maximum absolute atomic E-state index is 12.5. The van der Waals surface area contributed by atoms with Gasteiger partial charge in [-0.3, -0.25) is 14.4 Å². The van der Waals surface area contributed by atoms with Gasteiger partial charge in [0.05, 0.1) is 13.5 Å². The predicted octanol–water partition coefficient (Wildman–Crippen LogP) is 3.56. The van der Waals surface area contributed by atoms with Crippen LogP contribution in [0, 0.1) is 13.8 Å². The molecule has 0 aliphatic rings. The molecule has 172 valence electrons. The van der Waals surface area contributed by atoms with Gasteiger partial charge >= 0.3 is 5.97 Å². The lowest BCUT2D eigenvalue weighted by Gasteiger charge is -2.08. The molecule has 0 unspecified atom stereocenters. The van der Waals surface area contributed by atoms with E-state index in [9.17, 15) is 14.4 Å². The Balaban J connectivity index is 1.50. The van der Waals surface area contributed by atoms with Crippen molar-refractivity contribution in [1.29, 1.82) is 0 Å². The van der Waals surface area contributed by atoms with Crippen molar-refractivity contribution in [3.63, 3.8) is 0 Å². The van der Waals surface area contributed by atoms with E-state index in [2.05, 4.69) is 15.4 Å². The first-order chi connectivity index (χ1) is 15.8. The number of benzene rings is 2. The number of ether oxygens (including phenoxy) is 2. The average Bonchev–Trinajstić information content (AvgIpc) is 3.27. The zero-order chi connectivity index (χ0) is 23.8. The first-order valence-corrected chi connectivity index (χ1v) is 10.4. The van der Waals surface area contributed by atoms with Gasteiger partial charge in [-0.1, -0.05) is 29.8 Å². The molecule has 33 heavy (non-hydrogen) atoms. The van der Waals surface area contributed by atoms with Gasteiger partial charge in [-0.15, -0.1) is 0 Å². The third kappa shape index (κ3) is 6.96. The lowest BCUT2D eigenvalue weighted by atomic mass is 10.1. The topological polar surface area (TPSA) is 107 Å². The van der Waals surface area contributed by atoms with Crippen molar-refractivity contribution in [3.8, 4) is 5.75 Å². The van der Waals surface area contributed by atoms with Gasteiger partial charge in [-0.05, 0) is 55.3 Å². The molecule has 0 radical (unpaired) electrons. The second-order valence-electron chi connectivity index (χ2n) is 7.50. The van der Waals surface area contributed by atoms with E-state index in [0.717, 1.165) is 22.4 Å². The number of esters is 1. The minimum Gasteiger partial charge on any atom is -0.485 e. The number of furan rings is 1. The zero-order valence-corrected chi connectivity index (χ0v) is 18.8. The van der Waals surface area contributed by atoms with Crippen molar-refractivity contribution >= 4 is 23.5 Å². The van der Waals surface area contributed by atoms with E-state index in [-0.39, 0.29) is 31.2 Å². The molecule has 0 fully saturated rings. The van der Waals surface area contributed by atoms with Crippen LogP contribution in [0.3, 0.4) is 0 Å². The Labute approximate surface area is 191 Å². The van der Waals surface area contributed by atoms with Crippen LogP contribution in [0.1, 0.15) is 33.0 Å². The number of rotatable bonds is 9. The number of carbonyl (C=O) groups excluding carboxylic acids is 3. The number of aryl methyl sites for hydroxylation is 2. The summed E-state index contributed by atoms with van der Waals surface area (Å²) in [4.78, 5) is 35.4. The van der Waals surface area contributed by atoms with Crippen LogP contribution in [0.4, 0.5) is 5.69 Å². The van der Waals surface area contributed by atoms with Crippen molar-refractivity contribution in [2.45, 2.75) is 26.9 Å². The van der Waals surface area contributed by atoms with E-state index in [0.29, 0.717) is 11.4 Å². The molecule has 2 amide bonds. The van der Waals surface area contributed by atoms with Crippen molar-refractivity contribution in [3.05, 3.63) is 82.8 Å². The summed E-state index contributed by atoms with van der Waals surface area (Å²) >= 11 is 0. The molecule has 2 N–H and O–H groups in total. The van der Waals surface area contributed by atoms with Gasteiger partial charge in [-0.2, -0.15) is 0 Å². The van der Waals surface area contributed by atoms with E-state index < -0.39 is 11.9 Å². The van der Waals surface area contributed by atoms with Crippen LogP contribution in [-0.2, 0) is 27.4 Å². The fraction of sp³-hybridized carbons (Fsp3) is 0.240. The van der Waals surface area contributed by atoms with Crippen LogP contribution >= 0.6 is 0 Å². The summed E-state index contributed by atoms with van der Waals surface area (Å²) in [6, 6.07) is 16.0. The Morgan fingerprint density at radius 1 is 0.970 bits per heavy atom. The number of carbonyl (C=O) groups is 3. The summed E-state index contributed by atoms with van der Waals surface area (Å²) in [7, 11) is 1.26. The van der Waals surface area contributed by atoms with Gasteiger partial charge in [0.15, 0.2) is 5.76 Å². The molecule has 0 saturated heterocycles. The number of hydrogen-bond donors (Lipinski definition) is 2. The summed E-state index contributed by atoms with van der Waals surface area (Å²) < 4.78 is 15.9. The molecule has 0 aliphatic heterocycles.